The van der Waals surface area contributed by atoms with Crippen LogP contribution < -0.4 is 10.1 Å². The third-order valence-corrected chi connectivity index (χ3v) is 4.99. The van der Waals surface area contributed by atoms with E-state index >= 15 is 0 Å². The van der Waals surface area contributed by atoms with Gasteiger partial charge in [0, 0.05) is 18.1 Å². The third-order valence-electron chi connectivity index (χ3n) is 4.18. The average molecular weight is 495 g/mol. The minimum atomic E-state index is -2.83. The Kier molecular flexibility index (Phi) is 6.58. The summed E-state index contributed by atoms with van der Waals surface area (Å²) in [5, 5.41) is 17.2. The number of nitro benzene ring substituents is 1. The Hall–Kier alpha value is -2.70. The van der Waals surface area contributed by atoms with E-state index in [2.05, 4.69) is 26.3 Å². The third kappa shape index (κ3) is 5.26. The first-order valence-corrected chi connectivity index (χ1v) is 9.49. The second-order valence-electron chi connectivity index (χ2n) is 6.54. The summed E-state index contributed by atoms with van der Waals surface area (Å²) in [6.45, 7) is -1.38. The van der Waals surface area contributed by atoms with Gasteiger partial charge in [0.05, 0.1) is 26.8 Å². The standard InChI is InChI=1S/C17H15BrF4N4O4/c18-14-15(17(21)22)24-25(16(14)8-1-2-8)6-13(27)23-9-3-10(26(28)29)5-11(4-9)30-7-12(19)20/h3-5,8,12,17H,1-2,6-7H2,(H,23,27). The number of nitrogens with one attached hydrogen (secondary N) is 1. The summed E-state index contributed by atoms with van der Waals surface area (Å²) in [7, 11) is 0. The van der Waals surface area contributed by atoms with Crippen molar-refractivity contribution in [1.82, 2.24) is 9.78 Å². The highest BCUT2D eigenvalue weighted by atomic mass is 79.9. The smallest absolute Gasteiger partial charge is 0.283 e. The van der Waals surface area contributed by atoms with Gasteiger partial charge in [0.1, 0.15) is 24.6 Å². The topological polar surface area (TPSA) is 99.3 Å². The minimum Gasteiger partial charge on any atom is -0.487 e. The van der Waals surface area contributed by atoms with Crippen LogP contribution in [-0.2, 0) is 11.3 Å². The van der Waals surface area contributed by atoms with E-state index in [0.717, 1.165) is 31.0 Å². The molecule has 0 spiro atoms. The van der Waals surface area contributed by atoms with Gasteiger partial charge in [-0.1, -0.05) is 0 Å². The van der Waals surface area contributed by atoms with E-state index < -0.39 is 48.2 Å². The highest BCUT2D eigenvalue weighted by Crippen LogP contribution is 2.45. The number of halogens is 5. The van der Waals surface area contributed by atoms with E-state index in [1.807, 2.05) is 0 Å². The zero-order valence-corrected chi connectivity index (χ0v) is 16.7. The monoisotopic (exact) mass is 494 g/mol. The Labute approximate surface area is 175 Å². The Morgan fingerprint density at radius 2 is 2.03 bits per heavy atom. The summed E-state index contributed by atoms with van der Waals surface area (Å²) in [6.07, 6.45) is -4.05. The van der Waals surface area contributed by atoms with Gasteiger partial charge in [0.25, 0.3) is 18.5 Å². The number of hydrogen-bond acceptors (Lipinski definition) is 5. The number of amides is 1. The largest absolute Gasteiger partial charge is 0.487 e. The van der Waals surface area contributed by atoms with E-state index in [9.17, 15) is 32.5 Å². The maximum absolute atomic E-state index is 13.1. The quantitative estimate of drug-likeness (QED) is 0.310. The SMILES string of the molecule is O=C(Cn1nc(C(F)F)c(Br)c1C1CC1)Nc1cc(OCC(F)F)cc([N+](=O)[O-])c1. The first kappa shape index (κ1) is 22.0. The molecule has 1 heterocycles. The van der Waals surface area contributed by atoms with Crippen LogP contribution in [0.2, 0.25) is 0 Å². The summed E-state index contributed by atoms with van der Waals surface area (Å²) >= 11 is 3.12. The van der Waals surface area contributed by atoms with Crippen LogP contribution in [-0.4, -0.2) is 33.6 Å². The maximum atomic E-state index is 13.1. The molecule has 3 rings (SSSR count). The van der Waals surface area contributed by atoms with Crippen molar-refractivity contribution in [2.75, 3.05) is 11.9 Å². The zero-order chi connectivity index (χ0) is 22.0. The molecule has 13 heteroatoms. The van der Waals surface area contributed by atoms with Crippen LogP contribution in [0.15, 0.2) is 22.7 Å². The van der Waals surface area contributed by atoms with E-state index in [1.54, 1.807) is 0 Å². The number of anilines is 1. The van der Waals surface area contributed by atoms with Gasteiger partial charge in [-0.15, -0.1) is 0 Å². The van der Waals surface area contributed by atoms with Crippen LogP contribution >= 0.6 is 15.9 Å². The molecule has 0 radical (unpaired) electrons. The minimum absolute atomic E-state index is 0.0133. The Balaban J connectivity index is 1.79. The van der Waals surface area contributed by atoms with Crippen molar-refractivity contribution in [2.24, 2.45) is 0 Å². The number of nitro groups is 1. The van der Waals surface area contributed by atoms with Gasteiger partial charge in [0.15, 0.2) is 0 Å². The number of carbonyl (C=O) groups is 1. The number of ether oxygens (including phenoxy) is 1. The molecule has 0 unspecified atom stereocenters. The molecule has 0 saturated heterocycles. The summed E-state index contributed by atoms with van der Waals surface area (Å²) < 4.78 is 57.1. The first-order valence-electron chi connectivity index (χ1n) is 8.70. The molecule has 30 heavy (non-hydrogen) atoms. The number of hydrogen-bond donors (Lipinski definition) is 1. The van der Waals surface area contributed by atoms with Crippen LogP contribution in [0.3, 0.4) is 0 Å². The van der Waals surface area contributed by atoms with Crippen LogP contribution in [0, 0.1) is 10.1 Å². The zero-order valence-electron chi connectivity index (χ0n) is 15.2. The maximum Gasteiger partial charge on any atom is 0.283 e. The molecular formula is C17H15BrF4N4O4. The fraction of sp³-hybridized carbons (Fsp3) is 0.412. The molecular weight excluding hydrogens is 480 g/mol. The normalized spacial score (nSPS) is 13.7. The van der Waals surface area contributed by atoms with Crippen LogP contribution in [0.5, 0.6) is 5.75 Å². The highest BCUT2D eigenvalue weighted by Gasteiger charge is 2.34. The lowest BCUT2D eigenvalue weighted by Crippen LogP contribution is -2.21. The van der Waals surface area contributed by atoms with Crippen molar-refractivity contribution in [2.45, 2.75) is 38.2 Å². The molecule has 1 saturated carbocycles. The number of aromatic nitrogens is 2. The van der Waals surface area contributed by atoms with Crippen molar-refractivity contribution in [3.8, 4) is 5.75 Å². The molecule has 8 nitrogen and oxygen atoms in total. The van der Waals surface area contributed by atoms with Crippen molar-refractivity contribution in [1.29, 1.82) is 0 Å². The van der Waals surface area contributed by atoms with Gasteiger partial charge < -0.3 is 10.1 Å². The van der Waals surface area contributed by atoms with E-state index in [0.29, 0.717) is 5.69 Å². The molecule has 1 fully saturated rings. The fourth-order valence-electron chi connectivity index (χ4n) is 2.82. The number of non-ortho nitro benzene ring substituents is 1. The van der Waals surface area contributed by atoms with Crippen LogP contribution in [0.1, 0.15) is 36.6 Å². The lowest BCUT2D eigenvalue weighted by molar-refractivity contribution is -0.384. The summed E-state index contributed by atoms with van der Waals surface area (Å²) in [4.78, 5) is 22.7. The molecule has 1 aliphatic carbocycles. The first-order chi connectivity index (χ1) is 14.2. The van der Waals surface area contributed by atoms with E-state index in [4.69, 9.17) is 4.74 Å². The van der Waals surface area contributed by atoms with E-state index in [-0.39, 0.29) is 21.8 Å². The Morgan fingerprint density at radius 3 is 2.60 bits per heavy atom. The Morgan fingerprint density at radius 1 is 1.33 bits per heavy atom. The summed E-state index contributed by atoms with van der Waals surface area (Å²) in [6, 6.07) is 3.12. The molecule has 1 aromatic heterocycles. The fourth-order valence-corrected chi connectivity index (χ4v) is 3.60. The lowest BCUT2D eigenvalue weighted by Gasteiger charge is -2.11. The van der Waals surface area contributed by atoms with Crippen molar-refractivity contribution >= 4 is 33.2 Å². The predicted molar refractivity (Wildman–Crippen MR) is 100 cm³/mol. The second kappa shape index (κ2) is 8.98. The van der Waals surface area contributed by atoms with Crippen molar-refractivity contribution in [3.63, 3.8) is 0 Å². The molecule has 0 bridgehead atoms. The molecule has 0 atom stereocenters. The summed E-state index contributed by atoms with van der Waals surface area (Å²) in [5.41, 5.74) is -0.521. The van der Waals surface area contributed by atoms with Gasteiger partial charge in [-0.3, -0.25) is 19.6 Å². The second-order valence-corrected chi connectivity index (χ2v) is 7.33. The molecule has 1 amide bonds. The lowest BCUT2D eigenvalue weighted by atomic mass is 10.2. The number of carbonyl (C=O) groups excluding carboxylic acids is 1. The number of nitrogens with zero attached hydrogens (tertiary/aromatic N) is 3. The van der Waals surface area contributed by atoms with Gasteiger partial charge in [-0.05, 0) is 28.8 Å². The number of rotatable bonds is 9. The van der Waals surface area contributed by atoms with Gasteiger partial charge in [-0.2, -0.15) is 5.10 Å². The number of alkyl halides is 4. The summed E-state index contributed by atoms with van der Waals surface area (Å²) in [5.74, 6) is -0.896. The van der Waals surface area contributed by atoms with Gasteiger partial charge >= 0.3 is 0 Å². The molecule has 2 aromatic rings. The number of benzene rings is 1. The predicted octanol–water partition coefficient (Wildman–Crippen LogP) is 4.65. The van der Waals surface area contributed by atoms with Crippen LogP contribution in [0.25, 0.3) is 0 Å². The highest BCUT2D eigenvalue weighted by molar-refractivity contribution is 9.10. The van der Waals surface area contributed by atoms with Gasteiger partial charge in [-0.25, -0.2) is 17.6 Å². The molecule has 1 aromatic carbocycles. The van der Waals surface area contributed by atoms with Crippen LogP contribution in [0.4, 0.5) is 28.9 Å². The van der Waals surface area contributed by atoms with Crippen molar-refractivity contribution in [3.05, 3.63) is 44.2 Å². The molecule has 0 aliphatic heterocycles. The molecule has 1 N–H and O–H groups in total. The van der Waals surface area contributed by atoms with Crippen molar-refractivity contribution < 1.29 is 32.0 Å². The molecule has 162 valence electrons. The van der Waals surface area contributed by atoms with Gasteiger partial charge in [0.2, 0.25) is 5.91 Å². The Bertz CT molecular complexity index is 965. The molecule has 1 aliphatic rings. The van der Waals surface area contributed by atoms with E-state index in [1.165, 1.54) is 4.68 Å². The average Bonchev–Trinajstić information content (AvgIpc) is 3.43.